The van der Waals surface area contributed by atoms with E-state index < -0.39 is 0 Å². The summed E-state index contributed by atoms with van der Waals surface area (Å²) in [5.74, 6) is 0.397. The molecule has 0 saturated heterocycles. The molecule has 0 radical (unpaired) electrons. The molecule has 1 aliphatic rings. The number of aromatic nitrogens is 1. The number of amides is 3. The van der Waals surface area contributed by atoms with Crippen molar-refractivity contribution in [2.45, 2.75) is 13.2 Å². The maximum atomic E-state index is 12.3. The third kappa shape index (κ3) is 4.96. The van der Waals surface area contributed by atoms with Crippen LogP contribution < -0.4 is 31.1 Å². The van der Waals surface area contributed by atoms with Crippen molar-refractivity contribution in [1.82, 2.24) is 15.7 Å². The molecule has 0 aliphatic carbocycles. The third-order valence-corrected chi connectivity index (χ3v) is 5.01. The van der Waals surface area contributed by atoms with Gasteiger partial charge in [0.2, 0.25) is 0 Å². The van der Waals surface area contributed by atoms with Crippen LogP contribution in [0.5, 0.6) is 5.75 Å². The second-order valence-corrected chi connectivity index (χ2v) is 7.26. The summed E-state index contributed by atoms with van der Waals surface area (Å²) in [6.45, 7) is 1.03. The molecule has 0 atom stereocenters. The summed E-state index contributed by atoms with van der Waals surface area (Å²) in [4.78, 5) is 28.1. The number of nitrogens with zero attached hydrogens (tertiary/aromatic N) is 2. The molecule has 2 aromatic carbocycles. The van der Waals surface area contributed by atoms with Gasteiger partial charge >= 0.3 is 6.03 Å². The van der Waals surface area contributed by atoms with Crippen LogP contribution >= 0.6 is 0 Å². The summed E-state index contributed by atoms with van der Waals surface area (Å²) in [7, 11) is 3.52. The van der Waals surface area contributed by atoms with Crippen LogP contribution in [-0.2, 0) is 13.2 Å². The van der Waals surface area contributed by atoms with E-state index in [1.807, 2.05) is 30.3 Å². The highest BCUT2D eigenvalue weighted by Crippen LogP contribution is 2.27. The zero-order valence-electron chi connectivity index (χ0n) is 17.8. The molecule has 9 nitrogen and oxygen atoms in total. The van der Waals surface area contributed by atoms with Crippen LogP contribution in [0.15, 0.2) is 60.8 Å². The Balaban J connectivity index is 1.30. The number of hydrazine groups is 1. The maximum absolute atomic E-state index is 12.3. The van der Waals surface area contributed by atoms with Gasteiger partial charge in [-0.1, -0.05) is 0 Å². The molecule has 9 heteroatoms. The van der Waals surface area contributed by atoms with Crippen molar-refractivity contribution in [2.24, 2.45) is 0 Å². The Morgan fingerprint density at radius 2 is 1.81 bits per heavy atom. The SMILES string of the molecule is CNC(=O)c1cc(COc2ccc(NC(=O)Nc3ccc4c(c3)CNN4C)cc2)ccn1. The van der Waals surface area contributed by atoms with Crippen molar-refractivity contribution >= 4 is 29.0 Å². The van der Waals surface area contributed by atoms with Gasteiger partial charge in [0.1, 0.15) is 18.1 Å². The minimum atomic E-state index is -0.323. The summed E-state index contributed by atoms with van der Waals surface area (Å²) in [5, 5.41) is 10.2. The highest BCUT2D eigenvalue weighted by molar-refractivity contribution is 6.00. The molecule has 164 valence electrons. The zero-order valence-corrected chi connectivity index (χ0v) is 17.8. The molecule has 0 unspecified atom stereocenters. The van der Waals surface area contributed by atoms with Crippen LogP contribution in [0.1, 0.15) is 21.6 Å². The van der Waals surface area contributed by atoms with E-state index in [9.17, 15) is 9.59 Å². The third-order valence-electron chi connectivity index (χ3n) is 5.01. The fourth-order valence-corrected chi connectivity index (χ4v) is 3.33. The van der Waals surface area contributed by atoms with Gasteiger partial charge < -0.3 is 25.7 Å². The number of carbonyl (C=O) groups is 2. The van der Waals surface area contributed by atoms with Gasteiger partial charge in [-0.15, -0.1) is 0 Å². The summed E-state index contributed by atoms with van der Waals surface area (Å²) < 4.78 is 5.77. The molecular weight excluding hydrogens is 408 g/mol. The monoisotopic (exact) mass is 432 g/mol. The van der Waals surface area contributed by atoms with Gasteiger partial charge in [0.25, 0.3) is 5.91 Å². The van der Waals surface area contributed by atoms with Gasteiger partial charge in [0.05, 0.1) is 5.69 Å². The zero-order chi connectivity index (χ0) is 22.5. The van der Waals surface area contributed by atoms with Gasteiger partial charge in [-0.2, -0.15) is 0 Å². The van der Waals surface area contributed by atoms with E-state index in [1.165, 1.54) is 0 Å². The molecule has 0 saturated carbocycles. The van der Waals surface area contributed by atoms with E-state index in [4.69, 9.17) is 4.74 Å². The largest absolute Gasteiger partial charge is 0.489 e. The molecule has 1 aromatic heterocycles. The lowest BCUT2D eigenvalue weighted by atomic mass is 10.1. The fraction of sp³-hybridized carbons (Fsp3) is 0.174. The molecule has 3 aromatic rings. The highest BCUT2D eigenvalue weighted by Gasteiger charge is 2.15. The van der Waals surface area contributed by atoms with Crippen LogP contribution in [0.3, 0.4) is 0 Å². The Hall–Kier alpha value is -4.11. The molecule has 1 aliphatic heterocycles. The first-order chi connectivity index (χ1) is 15.5. The van der Waals surface area contributed by atoms with Crippen molar-refractivity contribution in [3.05, 3.63) is 77.6 Å². The number of hydrogen-bond donors (Lipinski definition) is 4. The van der Waals surface area contributed by atoms with Crippen LogP contribution in [0, 0.1) is 0 Å². The standard InChI is InChI=1S/C23H24N6O3/c1-24-22(30)20-11-15(9-10-25-20)14-32-19-6-3-17(4-7-19)27-23(31)28-18-5-8-21-16(12-18)13-26-29(21)2/h3-12,26H,13-14H2,1-2H3,(H,24,30)(H2,27,28,31). The predicted octanol–water partition coefficient (Wildman–Crippen LogP) is 3.12. The number of urea groups is 1. The quantitative estimate of drug-likeness (QED) is 0.477. The van der Waals surface area contributed by atoms with E-state index in [1.54, 1.807) is 49.6 Å². The lowest BCUT2D eigenvalue weighted by molar-refractivity contribution is 0.0958. The van der Waals surface area contributed by atoms with Crippen LogP contribution in [0.2, 0.25) is 0 Å². The number of ether oxygens (including phenoxy) is 1. The number of fused-ring (bicyclic) bond motifs is 1. The van der Waals surface area contributed by atoms with Crippen molar-refractivity contribution in [1.29, 1.82) is 0 Å². The number of pyridine rings is 1. The number of carbonyl (C=O) groups excluding carboxylic acids is 2. The Morgan fingerprint density at radius 3 is 2.59 bits per heavy atom. The summed E-state index contributed by atoms with van der Waals surface area (Å²) >= 11 is 0. The van der Waals surface area contributed by atoms with E-state index in [0.29, 0.717) is 23.7 Å². The Bertz CT molecular complexity index is 1130. The normalized spacial score (nSPS) is 12.1. The van der Waals surface area contributed by atoms with Gasteiger partial charge in [-0.25, -0.2) is 10.2 Å². The van der Waals surface area contributed by atoms with E-state index in [2.05, 4.69) is 26.4 Å². The van der Waals surface area contributed by atoms with Gasteiger partial charge in [-0.3, -0.25) is 9.78 Å². The number of rotatable bonds is 6. The lowest BCUT2D eigenvalue weighted by Crippen LogP contribution is -2.26. The van der Waals surface area contributed by atoms with E-state index in [-0.39, 0.29) is 11.9 Å². The first kappa shape index (κ1) is 21.1. The topological polar surface area (TPSA) is 108 Å². The summed E-state index contributed by atoms with van der Waals surface area (Å²) in [6, 6.07) is 16.0. The van der Waals surface area contributed by atoms with Crippen molar-refractivity contribution in [3.8, 4) is 5.75 Å². The number of anilines is 3. The molecule has 4 rings (SSSR count). The van der Waals surface area contributed by atoms with E-state index in [0.717, 1.165) is 29.0 Å². The van der Waals surface area contributed by atoms with Crippen LogP contribution in [-0.4, -0.2) is 31.0 Å². The second-order valence-electron chi connectivity index (χ2n) is 7.26. The second kappa shape index (κ2) is 9.36. The minimum absolute atomic E-state index is 0.246. The smallest absolute Gasteiger partial charge is 0.323 e. The first-order valence-corrected chi connectivity index (χ1v) is 10.1. The molecule has 2 heterocycles. The van der Waals surface area contributed by atoms with Crippen molar-refractivity contribution < 1.29 is 14.3 Å². The van der Waals surface area contributed by atoms with Crippen LogP contribution in [0.25, 0.3) is 0 Å². The number of benzene rings is 2. The number of nitrogens with one attached hydrogen (secondary N) is 4. The lowest BCUT2D eigenvalue weighted by Gasteiger charge is -2.13. The molecule has 32 heavy (non-hydrogen) atoms. The summed E-state index contributed by atoms with van der Waals surface area (Å²) in [6.07, 6.45) is 1.57. The van der Waals surface area contributed by atoms with Crippen LogP contribution in [0.4, 0.5) is 21.9 Å². The van der Waals surface area contributed by atoms with Crippen molar-refractivity contribution in [3.63, 3.8) is 0 Å². The Labute approximate surface area is 185 Å². The minimum Gasteiger partial charge on any atom is -0.489 e. The Kier molecular flexibility index (Phi) is 6.18. The summed E-state index contributed by atoms with van der Waals surface area (Å²) in [5.41, 5.74) is 7.98. The van der Waals surface area contributed by atoms with E-state index >= 15 is 0 Å². The Morgan fingerprint density at radius 1 is 1.06 bits per heavy atom. The molecule has 0 fully saturated rings. The molecular formula is C23H24N6O3. The molecule has 4 N–H and O–H groups in total. The molecule has 3 amide bonds. The molecule has 0 bridgehead atoms. The van der Waals surface area contributed by atoms with Gasteiger partial charge in [0.15, 0.2) is 0 Å². The maximum Gasteiger partial charge on any atom is 0.323 e. The highest BCUT2D eigenvalue weighted by atomic mass is 16.5. The van der Waals surface area contributed by atoms with Gasteiger partial charge in [-0.05, 0) is 65.7 Å². The molecule has 0 spiro atoms. The van der Waals surface area contributed by atoms with Gasteiger partial charge in [0, 0.05) is 38.2 Å². The number of hydrogen-bond acceptors (Lipinski definition) is 6. The van der Waals surface area contributed by atoms with Crippen molar-refractivity contribution in [2.75, 3.05) is 29.7 Å². The average molecular weight is 432 g/mol. The average Bonchev–Trinajstić information content (AvgIpc) is 3.18. The fourth-order valence-electron chi connectivity index (χ4n) is 3.33. The first-order valence-electron chi connectivity index (χ1n) is 10.1. The predicted molar refractivity (Wildman–Crippen MR) is 123 cm³/mol.